The largest absolute Gasteiger partial charge is 0.443 e. The molecule has 760 valence electrons. The van der Waals surface area contributed by atoms with Crippen molar-refractivity contribution in [3.05, 3.63) is 347 Å². The van der Waals surface area contributed by atoms with Crippen molar-refractivity contribution in [2.24, 2.45) is 72.3 Å². The molecule has 10 aromatic carbocycles. The third-order valence-electron chi connectivity index (χ3n) is 27.4. The van der Waals surface area contributed by atoms with E-state index in [1.165, 1.54) is 68.9 Å². The van der Waals surface area contributed by atoms with Gasteiger partial charge in [0.05, 0.1) is 27.8 Å². The number of hydrogen-bond acceptors (Lipinski definition) is 21. The standard InChI is InChI=1S/C21H19F4N3O2.C21H21F3N4O2.C21H19F3N2O3.C21H21F2N3O2.C21H20F2N2O3/c1-11(29)28-21(30-20(27-28)15-9-14(22)4-5-17(15)23)13(6-7-26)3-2-12-8-18(24)19(25)10-16(12)21;1-11-7-15(23)9-17-19(11)26-10-13(5-6-25)21(17)28(12(2)29)27-20(30-21)16-8-14(22)3-4-18(16)24;1-12(28)26-21(29-20(25-26)17-10-15(22)6-7-19(17)24)14(8-9-27)4-2-13-3-5-16(23)11-18(13)21;1-13(27)26-21(28-20(25-26)17-12-16(22)8-9-19(17)23)15(10-11-24)7-6-14-4-2-3-5-18(14)21;1-13(27)25-21(28-20(24-25)17-12-16(22)8-9-19(17)23)15(10-11-26)7-6-14-4-2-3-5-18(14)21/h4-5,8-10,13H,2-3,6-7,26H2,1H3;3-4,7-9,13,26H,5-6,10,25H2,1-2H3;3,5-7,10-11,14,27H,2,4,8-9H2,1H3;2-5,8-9,12,15H,6-7,10-11,24H2,1H3;2-5,8-9,12,15,26H,6-7,10-11H2,1H3. The van der Waals surface area contributed by atoms with E-state index in [1.807, 2.05) is 48.5 Å². The lowest BCUT2D eigenvalue weighted by molar-refractivity contribution is -0.165. The second-order valence-electron chi connectivity index (χ2n) is 36.3. The minimum Gasteiger partial charge on any atom is -0.443 e. The van der Waals surface area contributed by atoms with Gasteiger partial charge in [0.2, 0.25) is 87.6 Å². The molecule has 10 aromatic rings. The molecule has 10 atom stereocenters. The van der Waals surface area contributed by atoms with Gasteiger partial charge in [-0.1, -0.05) is 54.6 Å². The molecule has 4 aliphatic carbocycles. The fraction of sp³-hybridized carbons (Fsp3) is 0.333. The van der Waals surface area contributed by atoms with E-state index >= 15 is 0 Å². The molecule has 10 aliphatic rings. The van der Waals surface area contributed by atoms with Crippen LogP contribution in [0.25, 0.3) is 0 Å². The van der Waals surface area contributed by atoms with E-state index in [1.54, 1.807) is 13.0 Å². The molecule has 0 radical (unpaired) electrons. The average molecular weight is 2020 g/mol. The van der Waals surface area contributed by atoms with Gasteiger partial charge in [0, 0.05) is 117 Å². The summed E-state index contributed by atoms with van der Waals surface area (Å²) < 4.78 is 228. The zero-order valence-electron chi connectivity index (χ0n) is 79.1. The topological polar surface area (TPSA) is 340 Å². The lowest BCUT2D eigenvalue weighted by atomic mass is 9.74. The maximum atomic E-state index is 14.5. The van der Waals surface area contributed by atoms with Crippen LogP contribution in [0.2, 0.25) is 0 Å². The summed E-state index contributed by atoms with van der Waals surface area (Å²) in [5.41, 5.74) is 16.2. The highest BCUT2D eigenvalue weighted by Crippen LogP contribution is 2.57. The van der Waals surface area contributed by atoms with E-state index < -0.39 is 146 Å². The summed E-state index contributed by atoms with van der Waals surface area (Å²) in [7, 11) is 0. The maximum Gasteiger partial charge on any atom is 0.244 e. The first kappa shape index (κ1) is 103. The molecule has 0 saturated carbocycles. The van der Waals surface area contributed by atoms with Crippen LogP contribution in [-0.4, -0.2) is 134 Å². The Morgan fingerprint density at radius 2 is 0.586 bits per heavy atom. The van der Waals surface area contributed by atoms with Crippen LogP contribution >= 0.6 is 0 Å². The SMILES string of the molecule is CC(=O)N1N=C(c2cc(F)ccc2F)OC12c1cc(F)c(F)cc1CCC2CCN.CC(=O)N1N=C(c2cc(F)ccc2F)OC12c1cc(F)cc(C)c1NCC2CCN.CC(=O)N1N=C(c2cc(F)ccc2F)OC12c1cc(F)ccc1CCC2CCO.CC(=O)N1N=C(c2cc(F)ccc2F)OC12c1ccccc1CCC2CCN.CC(=O)N1N=C(c2cc(F)ccc2F)OC12c1ccccc1CCC2CCO. The lowest BCUT2D eigenvalue weighted by Crippen LogP contribution is -2.55. The molecule has 6 aliphatic heterocycles. The first-order valence-electron chi connectivity index (χ1n) is 46.9. The van der Waals surface area contributed by atoms with Crippen LogP contribution in [0, 0.1) is 118 Å². The summed E-state index contributed by atoms with van der Waals surface area (Å²) in [4.78, 5) is 62.7. The Bertz CT molecular complexity index is 6770. The number of ether oxygens (including phenoxy) is 5. The number of rotatable bonds is 15. The zero-order valence-corrected chi connectivity index (χ0v) is 79.1. The van der Waals surface area contributed by atoms with E-state index in [2.05, 4.69) is 30.8 Å². The van der Waals surface area contributed by atoms with Crippen LogP contribution < -0.4 is 22.5 Å². The van der Waals surface area contributed by atoms with Crippen LogP contribution in [0.4, 0.5) is 67.2 Å². The number of anilines is 1. The van der Waals surface area contributed by atoms with Gasteiger partial charge in [-0.3, -0.25) is 24.0 Å². The van der Waals surface area contributed by atoms with Crippen molar-refractivity contribution in [1.82, 2.24) is 25.0 Å². The number of hydrogen-bond donors (Lipinski definition) is 6. The Hall–Kier alpha value is -14.5. The molecule has 6 heterocycles. The summed E-state index contributed by atoms with van der Waals surface area (Å²) in [6, 6.07) is 38.7. The average Bonchev–Trinajstić information content (AvgIpc) is 1.64. The predicted octanol–water partition coefficient (Wildman–Crippen LogP) is 16.8. The number of amides is 5. The fourth-order valence-electron chi connectivity index (χ4n) is 21.2. The highest BCUT2D eigenvalue weighted by molar-refractivity contribution is 6.01. The number of carbonyl (C=O) groups excluding carboxylic acids is 5. The zero-order chi connectivity index (χ0) is 104. The molecule has 9 N–H and O–H groups in total. The fourth-order valence-corrected chi connectivity index (χ4v) is 21.2. The highest BCUT2D eigenvalue weighted by atomic mass is 19.2. The molecule has 10 unspecified atom stereocenters. The summed E-state index contributed by atoms with van der Waals surface area (Å²) >= 11 is 0. The number of aliphatic hydroxyl groups is 2. The summed E-state index contributed by atoms with van der Waals surface area (Å²) in [5.74, 6) is -15.2. The number of hydrazone groups is 5. The molecule has 0 bridgehead atoms. The summed E-state index contributed by atoms with van der Waals surface area (Å²) in [6.07, 6.45) is 7.04. The molecule has 5 amide bonds. The number of nitrogens with one attached hydrogen (secondary N) is 1. The van der Waals surface area contributed by atoms with Crippen molar-refractivity contribution in [1.29, 1.82) is 0 Å². The highest BCUT2D eigenvalue weighted by Gasteiger charge is 2.63. The molecule has 26 nitrogen and oxygen atoms in total. The van der Waals surface area contributed by atoms with Gasteiger partial charge in [-0.15, -0.1) is 25.5 Å². The second kappa shape index (κ2) is 42.1. The summed E-state index contributed by atoms with van der Waals surface area (Å²) in [5, 5.41) is 49.1. The number of carbonyl (C=O) groups is 5. The molecular formula is C105H100F14N14O12. The Balaban J connectivity index is 0.000000130. The molecule has 5 spiro atoms. The van der Waals surface area contributed by atoms with Gasteiger partial charge in [-0.25, -0.2) is 61.5 Å². The quantitative estimate of drug-likeness (QED) is 0.0519. The molecule has 145 heavy (non-hydrogen) atoms. The molecule has 20 rings (SSSR count). The van der Waals surface area contributed by atoms with Gasteiger partial charge in [-0.2, -0.15) is 25.0 Å². The van der Waals surface area contributed by atoms with Crippen molar-refractivity contribution in [3.8, 4) is 0 Å². The van der Waals surface area contributed by atoms with Crippen molar-refractivity contribution >= 4 is 64.7 Å². The van der Waals surface area contributed by atoms with Gasteiger partial charge in [-0.05, 0) is 265 Å². The van der Waals surface area contributed by atoms with E-state index in [9.17, 15) is 95.7 Å². The number of benzene rings is 10. The lowest BCUT2D eigenvalue weighted by Gasteiger charge is -2.45. The van der Waals surface area contributed by atoms with Crippen LogP contribution in [0.1, 0.15) is 176 Å². The number of nitrogens with zero attached hydrogens (tertiary/aromatic N) is 10. The van der Waals surface area contributed by atoms with Gasteiger partial charge in [0.15, 0.2) is 11.6 Å². The third-order valence-corrected chi connectivity index (χ3v) is 27.4. The third kappa shape index (κ3) is 19.0. The minimum absolute atomic E-state index is 0.0899. The van der Waals surface area contributed by atoms with Crippen LogP contribution in [0.3, 0.4) is 0 Å². The van der Waals surface area contributed by atoms with Crippen LogP contribution in [-0.2, 0) is 102 Å². The number of halogens is 14. The monoisotopic (exact) mass is 2010 g/mol. The van der Waals surface area contributed by atoms with E-state index in [0.717, 1.165) is 165 Å². The Kier molecular flexibility index (Phi) is 30.0. The van der Waals surface area contributed by atoms with Crippen molar-refractivity contribution in [3.63, 3.8) is 0 Å². The molecule has 40 heteroatoms. The van der Waals surface area contributed by atoms with E-state index in [4.69, 9.17) is 40.9 Å². The first-order chi connectivity index (χ1) is 69.3. The Morgan fingerprint density at radius 1 is 0.317 bits per heavy atom. The Morgan fingerprint density at radius 3 is 0.917 bits per heavy atom. The number of fused-ring (bicyclic) bond motifs is 10. The minimum atomic E-state index is -1.64. The molecule has 0 fully saturated rings. The number of nitrogens with two attached hydrogens (primary N) is 3. The van der Waals surface area contributed by atoms with E-state index in [-0.39, 0.29) is 119 Å². The van der Waals surface area contributed by atoms with Crippen molar-refractivity contribution in [2.45, 2.75) is 154 Å². The Labute approximate surface area is 822 Å². The number of aryl methyl sites for hydroxylation is 5. The predicted molar refractivity (Wildman–Crippen MR) is 501 cm³/mol. The molecule has 0 aromatic heterocycles. The van der Waals surface area contributed by atoms with E-state index in [0.29, 0.717) is 98.8 Å². The smallest absolute Gasteiger partial charge is 0.244 e. The van der Waals surface area contributed by atoms with Crippen LogP contribution in [0.5, 0.6) is 0 Å². The van der Waals surface area contributed by atoms with Gasteiger partial charge in [0.1, 0.15) is 69.8 Å². The normalized spacial score (nSPS) is 22.9. The van der Waals surface area contributed by atoms with Gasteiger partial charge >= 0.3 is 0 Å². The van der Waals surface area contributed by atoms with Crippen LogP contribution in [0.15, 0.2) is 207 Å². The van der Waals surface area contributed by atoms with Crippen molar-refractivity contribution in [2.75, 3.05) is 44.7 Å². The maximum absolute atomic E-state index is 14.5. The van der Waals surface area contributed by atoms with Gasteiger partial charge in [0.25, 0.3) is 0 Å². The number of aliphatic hydroxyl groups excluding tert-OH is 2. The van der Waals surface area contributed by atoms with Crippen molar-refractivity contribution < 1.29 is 119 Å². The molecule has 0 saturated heterocycles. The summed E-state index contributed by atoms with van der Waals surface area (Å²) in [6.45, 7) is 9.27. The van der Waals surface area contributed by atoms with Gasteiger partial charge < -0.3 is 56.4 Å². The second-order valence-corrected chi connectivity index (χ2v) is 36.3. The molecular weight excluding hydrogens is 1920 g/mol. The first-order valence-corrected chi connectivity index (χ1v) is 46.9.